The summed E-state index contributed by atoms with van der Waals surface area (Å²) in [6, 6.07) is 0. The predicted octanol–water partition coefficient (Wildman–Crippen LogP) is 3.96. The van der Waals surface area contributed by atoms with Crippen LogP contribution in [-0.2, 0) is 10.0 Å². The predicted molar refractivity (Wildman–Crippen MR) is 69.3 cm³/mol. The molecule has 1 atom stereocenters. The fourth-order valence-electron chi connectivity index (χ4n) is 1.73. The summed E-state index contributed by atoms with van der Waals surface area (Å²) in [5.41, 5.74) is 0. The Balaban J connectivity index is 6.85. The largest absolute Gasteiger partial charge is 0.460 e. The summed E-state index contributed by atoms with van der Waals surface area (Å²) in [7, 11) is -6.66. The highest BCUT2D eigenvalue weighted by atomic mass is 32.2. The lowest BCUT2D eigenvalue weighted by Gasteiger charge is -2.43. The van der Waals surface area contributed by atoms with Crippen molar-refractivity contribution in [3.8, 4) is 0 Å². The van der Waals surface area contributed by atoms with Crippen molar-refractivity contribution in [2.45, 2.75) is 53.6 Å². The topological polar surface area (TPSA) is 66.4 Å². The standard InChI is InChI=1S/C11H9F16NO3S/c1-4(12,32(30,31)28-2-3-29)5(13,14)6(15,16)7(17,18)8(19,20)9(21,22)10(23,24)11(25,26)27/h28-29H,2-3H2,1H3. The smallest absolute Gasteiger partial charge is 0.395 e. The molecule has 0 heterocycles. The molecule has 0 radical (unpaired) electrons. The summed E-state index contributed by atoms with van der Waals surface area (Å²) in [4.78, 5) is 0. The quantitative estimate of drug-likeness (QED) is 0.414. The number of rotatable bonds is 10. The molecule has 1 unspecified atom stereocenters. The summed E-state index contributed by atoms with van der Waals surface area (Å²) in [6.45, 7) is -4.01. The lowest BCUT2D eigenvalue weighted by Crippen LogP contribution is -2.75. The van der Waals surface area contributed by atoms with Crippen molar-refractivity contribution in [1.29, 1.82) is 0 Å². The second-order valence-electron chi connectivity index (χ2n) is 5.98. The molecule has 0 bridgehead atoms. The van der Waals surface area contributed by atoms with Crippen LogP contribution < -0.4 is 4.72 Å². The molecule has 0 saturated carbocycles. The highest BCUT2D eigenvalue weighted by Gasteiger charge is 2.95. The third-order valence-corrected chi connectivity index (χ3v) is 5.65. The first-order valence-electron chi connectivity index (χ1n) is 7.19. The molecule has 0 aromatic carbocycles. The van der Waals surface area contributed by atoms with E-state index < -0.39 is 76.8 Å². The molecule has 2 N–H and O–H groups in total. The normalized spacial score (nSPS) is 17.9. The van der Waals surface area contributed by atoms with Gasteiger partial charge in [0, 0.05) is 6.54 Å². The van der Waals surface area contributed by atoms with Gasteiger partial charge in [-0.15, -0.1) is 0 Å². The second kappa shape index (κ2) is 7.91. The van der Waals surface area contributed by atoms with E-state index in [4.69, 9.17) is 5.11 Å². The zero-order valence-corrected chi connectivity index (χ0v) is 15.5. The van der Waals surface area contributed by atoms with Crippen molar-refractivity contribution in [3.63, 3.8) is 0 Å². The summed E-state index contributed by atoms with van der Waals surface area (Å²) >= 11 is 0. The molecule has 4 nitrogen and oxygen atoms in total. The average molecular weight is 539 g/mol. The Labute approximate surface area is 166 Å². The van der Waals surface area contributed by atoms with Crippen LogP contribution in [0.15, 0.2) is 0 Å². The summed E-state index contributed by atoms with van der Waals surface area (Å²) in [5.74, 6) is -50.1. The summed E-state index contributed by atoms with van der Waals surface area (Å²) in [6.07, 6.45) is -7.81. The van der Waals surface area contributed by atoms with Crippen molar-refractivity contribution < 1.29 is 83.8 Å². The van der Waals surface area contributed by atoms with Gasteiger partial charge in [0.2, 0.25) is 0 Å². The summed E-state index contributed by atoms with van der Waals surface area (Å²) in [5, 5.41) is 2.16. The van der Waals surface area contributed by atoms with Crippen molar-refractivity contribution in [1.82, 2.24) is 4.72 Å². The van der Waals surface area contributed by atoms with Gasteiger partial charge in [0.25, 0.3) is 15.0 Å². The molecule has 0 aromatic heterocycles. The molecular weight excluding hydrogens is 530 g/mol. The fourth-order valence-corrected chi connectivity index (χ4v) is 2.83. The van der Waals surface area contributed by atoms with Crippen molar-refractivity contribution >= 4 is 10.0 Å². The number of nitrogens with one attached hydrogen (secondary N) is 1. The fraction of sp³-hybridized carbons (Fsp3) is 1.00. The first-order chi connectivity index (χ1) is 13.6. The van der Waals surface area contributed by atoms with E-state index in [1.807, 2.05) is 0 Å². The van der Waals surface area contributed by atoms with Crippen LogP contribution >= 0.6 is 0 Å². The number of hydrogen-bond acceptors (Lipinski definition) is 3. The van der Waals surface area contributed by atoms with Crippen molar-refractivity contribution in [3.05, 3.63) is 0 Å². The van der Waals surface area contributed by atoms with Gasteiger partial charge >= 0.3 is 41.7 Å². The second-order valence-corrected chi connectivity index (χ2v) is 8.04. The Hall–Kier alpha value is -1.25. The van der Waals surface area contributed by atoms with Gasteiger partial charge in [-0.25, -0.2) is 17.5 Å². The van der Waals surface area contributed by atoms with E-state index in [2.05, 4.69) is 0 Å². The van der Waals surface area contributed by atoms with Crippen LogP contribution in [0.4, 0.5) is 70.2 Å². The Morgan fingerprint density at radius 2 is 0.875 bits per heavy atom. The van der Waals surface area contributed by atoms with E-state index in [1.54, 1.807) is 0 Å². The highest BCUT2D eigenvalue weighted by molar-refractivity contribution is 7.90. The van der Waals surface area contributed by atoms with E-state index >= 15 is 0 Å². The number of alkyl halides is 16. The van der Waals surface area contributed by atoms with Gasteiger partial charge in [0.1, 0.15) is 0 Å². The average Bonchev–Trinajstić information content (AvgIpc) is 2.57. The maximum absolute atomic E-state index is 14.0. The minimum absolute atomic E-state index is 0.576. The molecule has 0 fully saturated rings. The number of aliphatic hydroxyl groups is 1. The lowest BCUT2D eigenvalue weighted by molar-refractivity contribution is -0.455. The molecule has 0 aliphatic heterocycles. The number of sulfonamides is 1. The third kappa shape index (κ3) is 3.86. The molecule has 0 saturated heterocycles. The first kappa shape index (κ1) is 30.8. The molecule has 0 spiro atoms. The molecule has 0 amide bonds. The molecule has 0 aromatic rings. The maximum Gasteiger partial charge on any atom is 0.460 e. The molecule has 194 valence electrons. The van der Waals surface area contributed by atoms with Gasteiger partial charge in [0.05, 0.1) is 6.61 Å². The maximum atomic E-state index is 14.0. The minimum atomic E-state index is -8.68. The van der Waals surface area contributed by atoms with Gasteiger partial charge in [0.15, 0.2) is 0 Å². The van der Waals surface area contributed by atoms with E-state index in [0.29, 0.717) is 4.72 Å². The van der Waals surface area contributed by atoms with Crippen LogP contribution in [0.25, 0.3) is 0 Å². The Bertz CT molecular complexity index is 788. The molecule has 0 aliphatic rings. The lowest BCUT2D eigenvalue weighted by atomic mass is 9.90. The van der Waals surface area contributed by atoms with Gasteiger partial charge in [-0.05, 0) is 6.92 Å². The third-order valence-electron chi connectivity index (χ3n) is 3.80. The van der Waals surface area contributed by atoms with Crippen LogP contribution in [0.2, 0.25) is 0 Å². The summed E-state index contributed by atoms with van der Waals surface area (Å²) < 4.78 is 233. The van der Waals surface area contributed by atoms with E-state index in [0.717, 1.165) is 0 Å². The molecule has 21 heteroatoms. The minimum Gasteiger partial charge on any atom is -0.395 e. The Morgan fingerprint density at radius 3 is 1.16 bits per heavy atom. The molecule has 0 aliphatic carbocycles. The number of hydrogen-bond donors (Lipinski definition) is 2. The van der Waals surface area contributed by atoms with Crippen LogP contribution in [0, 0.1) is 0 Å². The van der Waals surface area contributed by atoms with E-state index in [1.165, 1.54) is 0 Å². The first-order valence-corrected chi connectivity index (χ1v) is 8.67. The number of aliphatic hydroxyl groups excluding tert-OH is 1. The van der Waals surface area contributed by atoms with Crippen molar-refractivity contribution in [2.24, 2.45) is 0 Å². The molecular formula is C11H9F16NO3S. The van der Waals surface area contributed by atoms with Crippen LogP contribution in [0.3, 0.4) is 0 Å². The van der Waals surface area contributed by atoms with Crippen LogP contribution in [0.5, 0.6) is 0 Å². The van der Waals surface area contributed by atoms with Gasteiger partial charge in [-0.2, -0.15) is 65.9 Å². The van der Waals surface area contributed by atoms with Gasteiger partial charge in [-0.3, -0.25) is 0 Å². The van der Waals surface area contributed by atoms with Crippen LogP contribution in [0.1, 0.15) is 6.92 Å². The molecule has 32 heavy (non-hydrogen) atoms. The van der Waals surface area contributed by atoms with Gasteiger partial charge < -0.3 is 5.11 Å². The Morgan fingerprint density at radius 1 is 0.594 bits per heavy atom. The monoisotopic (exact) mass is 539 g/mol. The van der Waals surface area contributed by atoms with E-state index in [9.17, 15) is 78.7 Å². The van der Waals surface area contributed by atoms with Crippen LogP contribution in [-0.4, -0.2) is 73.4 Å². The molecule has 0 rings (SSSR count). The Kier molecular flexibility index (Phi) is 7.60. The highest BCUT2D eigenvalue weighted by Crippen LogP contribution is 2.64. The van der Waals surface area contributed by atoms with Crippen molar-refractivity contribution in [2.75, 3.05) is 13.2 Å². The SMILES string of the molecule is CC(F)(C(F)(F)C(F)(F)C(F)(F)C(F)(F)C(F)(F)C(F)(F)C(F)(F)F)S(=O)(=O)NCCO. The zero-order valence-electron chi connectivity index (χ0n) is 14.6. The van der Waals surface area contributed by atoms with Gasteiger partial charge in [-0.1, -0.05) is 0 Å². The number of halogens is 16. The van der Waals surface area contributed by atoms with E-state index in [-0.39, 0.29) is 0 Å². The zero-order chi connectivity index (χ0) is 26.6.